The Bertz CT molecular complexity index is 1600. The van der Waals surface area contributed by atoms with Crippen molar-refractivity contribution in [1.82, 2.24) is 0 Å². The molecule has 7 rings (SSSR count). The molecule has 5 aromatic carbocycles. The molecule has 0 aromatic heterocycles. The molecule has 0 radical (unpaired) electrons. The van der Waals surface area contributed by atoms with Gasteiger partial charge in [0.2, 0.25) is 0 Å². The van der Waals surface area contributed by atoms with Crippen molar-refractivity contribution in [2.24, 2.45) is 0 Å². The Hall–Kier alpha value is -4.36. The van der Waals surface area contributed by atoms with Gasteiger partial charge in [0.1, 0.15) is 0 Å². The molecule has 36 heavy (non-hydrogen) atoms. The number of hydrogen-bond acceptors (Lipinski definition) is 1. The van der Waals surface area contributed by atoms with Crippen molar-refractivity contribution in [3.63, 3.8) is 0 Å². The highest BCUT2D eigenvalue weighted by atomic mass is 14.9. The summed E-state index contributed by atoms with van der Waals surface area (Å²) in [6.45, 7) is 0. The lowest BCUT2D eigenvalue weighted by Crippen LogP contribution is -2.30. The highest BCUT2D eigenvalue weighted by molar-refractivity contribution is 5.96. The van der Waals surface area contributed by atoms with Crippen molar-refractivity contribution in [3.8, 4) is 0 Å². The Morgan fingerprint density at radius 1 is 0.639 bits per heavy atom. The maximum atomic E-state index is 3.76. The monoisotopic (exact) mass is 461 g/mol. The summed E-state index contributed by atoms with van der Waals surface area (Å²) >= 11 is 0. The van der Waals surface area contributed by atoms with Crippen LogP contribution in [0, 0.1) is 0 Å². The summed E-state index contributed by atoms with van der Waals surface area (Å²) in [6, 6.07) is 44.1. The van der Waals surface area contributed by atoms with E-state index < -0.39 is 0 Å². The van der Waals surface area contributed by atoms with Gasteiger partial charge in [0.05, 0.1) is 5.41 Å². The second-order valence-electron chi connectivity index (χ2n) is 9.73. The van der Waals surface area contributed by atoms with Gasteiger partial charge in [-0.1, -0.05) is 115 Å². The van der Waals surface area contributed by atoms with Gasteiger partial charge in [-0.3, -0.25) is 0 Å². The van der Waals surface area contributed by atoms with E-state index in [1.54, 1.807) is 0 Å². The van der Waals surface area contributed by atoms with Crippen LogP contribution in [-0.4, -0.2) is 0 Å². The Balaban J connectivity index is 1.47. The minimum atomic E-state index is -0.297. The predicted molar refractivity (Wildman–Crippen MR) is 152 cm³/mol. The second kappa shape index (κ2) is 8.39. The van der Waals surface area contributed by atoms with Crippen molar-refractivity contribution >= 4 is 27.7 Å². The van der Waals surface area contributed by atoms with Crippen LogP contribution in [0.15, 0.2) is 139 Å². The van der Waals surface area contributed by atoms with Crippen molar-refractivity contribution in [1.29, 1.82) is 0 Å². The van der Waals surface area contributed by atoms with Crippen LogP contribution in [0.5, 0.6) is 0 Å². The molecule has 0 fully saturated rings. The molecular weight excluding hydrogens is 434 g/mol. The SMILES string of the molecule is C1=CC2=C(CC1)C(c1ccccc1)(c1ccccc1)c1cc(Nc3cccc4ccccc34)ccc12. The number of nitrogens with one attached hydrogen (secondary N) is 1. The molecule has 0 saturated carbocycles. The fourth-order valence-electron chi connectivity index (χ4n) is 6.33. The van der Waals surface area contributed by atoms with E-state index in [9.17, 15) is 0 Å². The van der Waals surface area contributed by atoms with Gasteiger partial charge in [-0.2, -0.15) is 0 Å². The molecule has 2 aliphatic rings. The van der Waals surface area contributed by atoms with Crippen molar-refractivity contribution in [2.45, 2.75) is 18.3 Å². The third-order valence-electron chi connectivity index (χ3n) is 7.82. The smallest absolute Gasteiger partial charge is 0.0677 e. The van der Waals surface area contributed by atoms with Crippen LogP contribution in [0.25, 0.3) is 16.3 Å². The van der Waals surface area contributed by atoms with Gasteiger partial charge in [-0.25, -0.2) is 0 Å². The number of allylic oxidation sites excluding steroid dienone is 4. The second-order valence-corrected chi connectivity index (χ2v) is 9.73. The highest BCUT2D eigenvalue weighted by Crippen LogP contribution is 2.57. The molecule has 0 bridgehead atoms. The minimum absolute atomic E-state index is 0.297. The maximum absolute atomic E-state index is 3.76. The van der Waals surface area contributed by atoms with Crippen molar-refractivity contribution in [2.75, 3.05) is 5.32 Å². The number of anilines is 2. The minimum Gasteiger partial charge on any atom is -0.355 e. The normalized spacial score (nSPS) is 15.6. The van der Waals surface area contributed by atoms with Gasteiger partial charge in [0, 0.05) is 16.8 Å². The molecule has 1 N–H and O–H groups in total. The molecule has 172 valence electrons. The molecule has 0 unspecified atom stereocenters. The average Bonchev–Trinajstić information content (AvgIpc) is 3.25. The summed E-state index contributed by atoms with van der Waals surface area (Å²) in [5.74, 6) is 0. The lowest BCUT2D eigenvalue weighted by molar-refractivity contribution is 0.697. The molecule has 0 saturated heterocycles. The molecule has 0 amide bonds. The molecule has 1 heteroatoms. The van der Waals surface area contributed by atoms with E-state index in [4.69, 9.17) is 0 Å². The average molecular weight is 462 g/mol. The summed E-state index contributed by atoms with van der Waals surface area (Å²) in [5, 5.41) is 6.24. The summed E-state index contributed by atoms with van der Waals surface area (Å²) < 4.78 is 0. The van der Waals surface area contributed by atoms with Gasteiger partial charge >= 0.3 is 0 Å². The number of fused-ring (bicyclic) bond motifs is 3. The zero-order valence-corrected chi connectivity index (χ0v) is 20.1. The first-order valence-electron chi connectivity index (χ1n) is 12.8. The zero-order chi connectivity index (χ0) is 24.0. The van der Waals surface area contributed by atoms with E-state index in [0.29, 0.717) is 0 Å². The third-order valence-corrected chi connectivity index (χ3v) is 7.82. The van der Waals surface area contributed by atoms with E-state index in [1.165, 1.54) is 44.2 Å². The molecule has 5 aromatic rings. The van der Waals surface area contributed by atoms with Crippen LogP contribution in [0.3, 0.4) is 0 Å². The highest BCUT2D eigenvalue weighted by Gasteiger charge is 2.47. The number of benzene rings is 5. The first-order chi connectivity index (χ1) is 17.9. The van der Waals surface area contributed by atoms with E-state index >= 15 is 0 Å². The van der Waals surface area contributed by atoms with Crippen molar-refractivity contribution in [3.05, 3.63) is 161 Å². The topological polar surface area (TPSA) is 12.0 Å². The third kappa shape index (κ3) is 3.09. The van der Waals surface area contributed by atoms with E-state index in [2.05, 4.69) is 139 Å². The summed E-state index contributed by atoms with van der Waals surface area (Å²) in [6.07, 6.45) is 6.83. The molecule has 1 nitrogen and oxygen atoms in total. The zero-order valence-electron chi connectivity index (χ0n) is 20.1. The van der Waals surface area contributed by atoms with Crippen LogP contribution < -0.4 is 5.32 Å². The van der Waals surface area contributed by atoms with Crippen LogP contribution in [-0.2, 0) is 5.41 Å². The van der Waals surface area contributed by atoms with Crippen molar-refractivity contribution < 1.29 is 0 Å². The van der Waals surface area contributed by atoms with Crippen LogP contribution in [0.2, 0.25) is 0 Å². The molecule has 0 aliphatic heterocycles. The van der Waals surface area contributed by atoms with Crippen LogP contribution in [0.4, 0.5) is 11.4 Å². The predicted octanol–water partition coefficient (Wildman–Crippen LogP) is 9.03. The quantitative estimate of drug-likeness (QED) is 0.281. The van der Waals surface area contributed by atoms with E-state index in [-0.39, 0.29) is 5.41 Å². The van der Waals surface area contributed by atoms with Crippen LogP contribution >= 0.6 is 0 Å². The van der Waals surface area contributed by atoms with E-state index in [1.807, 2.05) is 0 Å². The molecule has 0 spiro atoms. The Labute approximate surface area is 212 Å². The van der Waals surface area contributed by atoms with Gasteiger partial charge in [0.15, 0.2) is 0 Å². The molecular formula is C35H27N. The maximum Gasteiger partial charge on any atom is 0.0677 e. The fourth-order valence-corrected chi connectivity index (χ4v) is 6.33. The van der Waals surface area contributed by atoms with Gasteiger partial charge < -0.3 is 5.32 Å². The Morgan fingerprint density at radius 3 is 2.11 bits per heavy atom. The van der Waals surface area contributed by atoms with Gasteiger partial charge in [-0.15, -0.1) is 0 Å². The summed E-state index contributed by atoms with van der Waals surface area (Å²) in [5.41, 5.74) is 10.2. The number of hydrogen-bond donors (Lipinski definition) is 1. The first kappa shape index (κ1) is 21.0. The standard InChI is InChI=1S/C35H27N/c1-3-14-26(15-4-1)35(27-16-5-2-6-17-27)32-20-10-9-19-30(32)31-23-22-28(24-33(31)35)36-34-21-11-13-25-12-7-8-18-29(25)34/h1-9,11-19,21-24,36H,10,20H2. The summed E-state index contributed by atoms with van der Waals surface area (Å²) in [4.78, 5) is 0. The molecule has 0 heterocycles. The summed E-state index contributed by atoms with van der Waals surface area (Å²) in [7, 11) is 0. The molecule has 2 aliphatic carbocycles. The van der Waals surface area contributed by atoms with Gasteiger partial charge in [0.25, 0.3) is 0 Å². The lowest BCUT2D eigenvalue weighted by Gasteiger charge is -2.36. The van der Waals surface area contributed by atoms with Gasteiger partial charge in [-0.05, 0) is 69.8 Å². The number of rotatable bonds is 4. The molecule has 0 atom stereocenters. The lowest BCUT2D eigenvalue weighted by atomic mass is 9.65. The Morgan fingerprint density at radius 2 is 1.33 bits per heavy atom. The van der Waals surface area contributed by atoms with E-state index in [0.717, 1.165) is 24.2 Å². The largest absolute Gasteiger partial charge is 0.355 e. The first-order valence-corrected chi connectivity index (χ1v) is 12.8. The fraction of sp³-hybridized carbons (Fsp3) is 0.0857. The Kier molecular flexibility index (Phi) is 4.89. The van der Waals surface area contributed by atoms with Crippen LogP contribution in [0.1, 0.15) is 35.1 Å².